The fraction of sp³-hybridized carbons (Fsp3) is 0.273. The summed E-state index contributed by atoms with van der Waals surface area (Å²) in [5.74, 6) is 7.99. The molecule has 158 valence electrons. The summed E-state index contributed by atoms with van der Waals surface area (Å²) in [7, 11) is 3.17. The van der Waals surface area contributed by atoms with Crippen molar-refractivity contribution in [3.8, 4) is 23.3 Å². The van der Waals surface area contributed by atoms with Gasteiger partial charge in [-0.15, -0.1) is 0 Å². The number of methoxy groups -OCH3 is 2. The van der Waals surface area contributed by atoms with Gasteiger partial charge in [-0.3, -0.25) is 9.89 Å². The zero-order valence-electron chi connectivity index (χ0n) is 17.2. The molecule has 1 atom stereocenters. The number of ketones is 1. The number of rotatable bonds is 7. The third-order valence-corrected chi connectivity index (χ3v) is 5.12. The standard InChI is InChI=1S/C22H22N6O3/c1-4-18(29)20(14-10-23-11-14)26-21-19-17(27-28-22(19)25-12-24-21)6-5-13-7-15(30-2)9-16(8-13)31-3/h4,7-9,12,14,20,23H,1,10-11H2,2-3H3,(H2,24,25,26,27,28). The normalized spacial score (nSPS) is 14.1. The van der Waals surface area contributed by atoms with Gasteiger partial charge in [0.15, 0.2) is 11.4 Å². The minimum absolute atomic E-state index is 0.0853. The molecular weight excluding hydrogens is 396 g/mol. The third kappa shape index (κ3) is 4.20. The lowest BCUT2D eigenvalue weighted by Crippen LogP contribution is -2.53. The van der Waals surface area contributed by atoms with Crippen LogP contribution in [0.3, 0.4) is 0 Å². The summed E-state index contributed by atoms with van der Waals surface area (Å²) in [4.78, 5) is 21.0. The smallest absolute Gasteiger partial charge is 0.177 e. The molecule has 9 nitrogen and oxygen atoms in total. The highest BCUT2D eigenvalue weighted by molar-refractivity contribution is 5.98. The van der Waals surface area contributed by atoms with E-state index in [-0.39, 0.29) is 11.7 Å². The topological polar surface area (TPSA) is 114 Å². The van der Waals surface area contributed by atoms with Crippen molar-refractivity contribution in [3.63, 3.8) is 0 Å². The van der Waals surface area contributed by atoms with E-state index >= 15 is 0 Å². The van der Waals surface area contributed by atoms with Crippen molar-refractivity contribution in [1.29, 1.82) is 0 Å². The van der Waals surface area contributed by atoms with E-state index in [0.717, 1.165) is 13.1 Å². The summed E-state index contributed by atoms with van der Waals surface area (Å²) < 4.78 is 10.6. The zero-order chi connectivity index (χ0) is 21.8. The number of fused-ring (bicyclic) bond motifs is 1. The van der Waals surface area contributed by atoms with Crippen molar-refractivity contribution in [2.75, 3.05) is 32.6 Å². The molecule has 0 amide bonds. The Morgan fingerprint density at radius 1 is 1.23 bits per heavy atom. The highest BCUT2D eigenvalue weighted by Crippen LogP contribution is 2.25. The molecule has 0 bridgehead atoms. The van der Waals surface area contributed by atoms with Gasteiger partial charge in [0.2, 0.25) is 0 Å². The molecule has 0 spiro atoms. The van der Waals surface area contributed by atoms with Crippen molar-refractivity contribution in [2.45, 2.75) is 6.04 Å². The average molecular weight is 418 g/mol. The van der Waals surface area contributed by atoms with Crippen LogP contribution in [0.5, 0.6) is 11.5 Å². The van der Waals surface area contributed by atoms with E-state index in [9.17, 15) is 4.79 Å². The van der Waals surface area contributed by atoms with E-state index in [4.69, 9.17) is 9.47 Å². The first-order valence-corrected chi connectivity index (χ1v) is 9.70. The van der Waals surface area contributed by atoms with Crippen LogP contribution in [-0.4, -0.2) is 59.3 Å². The Balaban J connectivity index is 1.71. The Morgan fingerprint density at radius 3 is 2.58 bits per heavy atom. The van der Waals surface area contributed by atoms with Crippen LogP contribution in [0.15, 0.2) is 37.2 Å². The summed E-state index contributed by atoms with van der Waals surface area (Å²) in [5.41, 5.74) is 1.71. The fourth-order valence-electron chi connectivity index (χ4n) is 3.31. The van der Waals surface area contributed by atoms with Gasteiger partial charge in [-0.2, -0.15) is 5.10 Å². The summed E-state index contributed by atoms with van der Waals surface area (Å²) in [5, 5.41) is 14.2. The lowest BCUT2D eigenvalue weighted by molar-refractivity contribution is -0.116. The summed E-state index contributed by atoms with van der Waals surface area (Å²) in [6.07, 6.45) is 2.75. The van der Waals surface area contributed by atoms with Gasteiger partial charge >= 0.3 is 0 Å². The van der Waals surface area contributed by atoms with Crippen LogP contribution in [0.25, 0.3) is 11.0 Å². The second kappa shape index (κ2) is 8.85. The Kier molecular flexibility index (Phi) is 5.82. The summed E-state index contributed by atoms with van der Waals surface area (Å²) >= 11 is 0. The monoisotopic (exact) mass is 418 g/mol. The second-order valence-corrected chi connectivity index (χ2v) is 7.02. The summed E-state index contributed by atoms with van der Waals surface area (Å²) in [6.45, 7) is 5.12. The molecule has 1 fully saturated rings. The highest BCUT2D eigenvalue weighted by atomic mass is 16.5. The number of aromatic nitrogens is 4. The van der Waals surface area contributed by atoms with Crippen LogP contribution < -0.4 is 20.1 Å². The molecule has 0 radical (unpaired) electrons. The first kappa shape index (κ1) is 20.4. The Morgan fingerprint density at radius 2 is 1.97 bits per heavy atom. The molecule has 9 heteroatoms. The Bertz CT molecular complexity index is 1170. The number of hydrogen-bond donors (Lipinski definition) is 3. The molecule has 3 N–H and O–H groups in total. The molecule has 1 aliphatic rings. The first-order valence-electron chi connectivity index (χ1n) is 9.70. The molecule has 1 aliphatic heterocycles. The van der Waals surface area contributed by atoms with E-state index in [0.29, 0.717) is 39.6 Å². The van der Waals surface area contributed by atoms with Crippen LogP contribution in [0, 0.1) is 17.8 Å². The van der Waals surface area contributed by atoms with Crippen LogP contribution in [0.1, 0.15) is 11.3 Å². The molecule has 1 aromatic carbocycles. The molecule has 3 aromatic rings. The number of carbonyl (C=O) groups is 1. The van der Waals surface area contributed by atoms with Gasteiger partial charge < -0.3 is 20.1 Å². The maximum absolute atomic E-state index is 12.4. The lowest BCUT2D eigenvalue weighted by Gasteiger charge is -2.34. The van der Waals surface area contributed by atoms with Gasteiger partial charge in [0.1, 0.15) is 29.3 Å². The average Bonchev–Trinajstić information content (AvgIpc) is 3.19. The number of nitrogens with zero attached hydrogens (tertiary/aromatic N) is 3. The van der Waals surface area contributed by atoms with Crippen LogP contribution in [0.4, 0.5) is 5.82 Å². The predicted molar refractivity (Wildman–Crippen MR) is 116 cm³/mol. The summed E-state index contributed by atoms with van der Waals surface area (Å²) in [6, 6.07) is 4.96. The minimum atomic E-state index is -0.435. The molecule has 1 unspecified atom stereocenters. The molecule has 0 aliphatic carbocycles. The predicted octanol–water partition coefficient (Wildman–Crippen LogP) is 1.52. The van der Waals surface area contributed by atoms with Crippen LogP contribution in [0.2, 0.25) is 0 Å². The van der Waals surface area contributed by atoms with Gasteiger partial charge in [0.25, 0.3) is 0 Å². The largest absolute Gasteiger partial charge is 0.497 e. The molecule has 3 heterocycles. The number of anilines is 1. The number of benzene rings is 1. The number of hydrogen-bond acceptors (Lipinski definition) is 8. The maximum atomic E-state index is 12.4. The van der Waals surface area contributed by atoms with E-state index in [1.165, 1.54) is 12.4 Å². The van der Waals surface area contributed by atoms with E-state index in [1.54, 1.807) is 20.3 Å². The van der Waals surface area contributed by atoms with Crippen molar-refractivity contribution < 1.29 is 14.3 Å². The van der Waals surface area contributed by atoms with Gasteiger partial charge in [0, 0.05) is 30.6 Å². The zero-order valence-corrected chi connectivity index (χ0v) is 17.2. The van der Waals surface area contributed by atoms with E-state index in [2.05, 4.69) is 49.2 Å². The first-order chi connectivity index (χ1) is 15.1. The second-order valence-electron chi connectivity index (χ2n) is 7.02. The number of carbonyl (C=O) groups excluding carboxylic acids is 1. The molecular formula is C22H22N6O3. The van der Waals surface area contributed by atoms with Crippen LogP contribution >= 0.6 is 0 Å². The minimum Gasteiger partial charge on any atom is -0.497 e. The molecule has 0 saturated carbocycles. The van der Waals surface area contributed by atoms with Gasteiger partial charge in [-0.1, -0.05) is 12.5 Å². The Hall–Kier alpha value is -3.90. The van der Waals surface area contributed by atoms with Gasteiger partial charge in [-0.25, -0.2) is 9.97 Å². The number of ether oxygens (including phenoxy) is 2. The van der Waals surface area contributed by atoms with Gasteiger partial charge in [0.05, 0.1) is 25.6 Å². The lowest BCUT2D eigenvalue weighted by atomic mass is 9.90. The van der Waals surface area contributed by atoms with Gasteiger partial charge in [-0.05, 0) is 24.1 Å². The molecule has 31 heavy (non-hydrogen) atoms. The number of H-pyrrole nitrogens is 1. The van der Waals surface area contributed by atoms with E-state index < -0.39 is 6.04 Å². The highest BCUT2D eigenvalue weighted by Gasteiger charge is 2.32. The fourth-order valence-corrected chi connectivity index (χ4v) is 3.31. The van der Waals surface area contributed by atoms with Crippen LogP contribution in [-0.2, 0) is 4.79 Å². The SMILES string of the molecule is C=CC(=O)C(Nc1ncnc2[nH]nc(C#Cc3cc(OC)cc(OC)c3)c12)C1CNC1. The number of nitrogens with one attached hydrogen (secondary N) is 3. The Labute approximate surface area is 179 Å². The molecule has 4 rings (SSSR count). The third-order valence-electron chi connectivity index (χ3n) is 5.12. The van der Waals surface area contributed by atoms with Crippen molar-refractivity contribution in [3.05, 3.63) is 48.4 Å². The van der Waals surface area contributed by atoms with Crippen molar-refractivity contribution in [2.24, 2.45) is 5.92 Å². The van der Waals surface area contributed by atoms with Crippen molar-refractivity contribution >= 4 is 22.6 Å². The van der Waals surface area contributed by atoms with Crippen molar-refractivity contribution in [1.82, 2.24) is 25.5 Å². The molecule has 2 aromatic heterocycles. The molecule has 1 saturated heterocycles. The maximum Gasteiger partial charge on any atom is 0.177 e. The quantitative estimate of drug-likeness (QED) is 0.391. The van der Waals surface area contributed by atoms with E-state index in [1.807, 2.05) is 12.1 Å². The number of aromatic amines is 1.